The van der Waals surface area contributed by atoms with Crippen molar-refractivity contribution >= 4 is 37.4 Å². The first-order valence-corrected chi connectivity index (χ1v) is 12.1. The Bertz CT molecular complexity index is 1010. The van der Waals surface area contributed by atoms with E-state index in [0.29, 0.717) is 23.9 Å². The molecule has 0 bridgehead atoms. The quantitative estimate of drug-likeness (QED) is 0.487. The monoisotopic (exact) mass is 433 g/mol. The van der Waals surface area contributed by atoms with Crippen LogP contribution in [0.1, 0.15) is 5.56 Å². The van der Waals surface area contributed by atoms with Gasteiger partial charge in [0, 0.05) is 37.7 Å². The van der Waals surface area contributed by atoms with Crippen LogP contribution in [0.4, 0.5) is 11.4 Å². The first-order valence-electron chi connectivity index (χ1n) is 9.17. The maximum Gasteiger partial charge on any atom is 0.316 e. The lowest BCUT2D eigenvalue weighted by Crippen LogP contribution is -2.44. The number of hydrogen-bond acceptors (Lipinski definition) is 8. The van der Waals surface area contributed by atoms with E-state index >= 15 is 0 Å². The zero-order chi connectivity index (χ0) is 20.5. The van der Waals surface area contributed by atoms with Crippen LogP contribution in [-0.4, -0.2) is 51.4 Å². The molecule has 1 atom stereocenters. The van der Waals surface area contributed by atoms with Crippen molar-refractivity contribution in [2.75, 3.05) is 42.3 Å². The van der Waals surface area contributed by atoms with E-state index in [2.05, 4.69) is 4.90 Å². The topological polar surface area (TPSA) is 82.1 Å². The summed E-state index contributed by atoms with van der Waals surface area (Å²) in [5.74, 6) is 0.129. The highest BCUT2D eigenvalue weighted by Crippen LogP contribution is 2.45. The summed E-state index contributed by atoms with van der Waals surface area (Å²) in [5.41, 5.74) is 2.96. The molecule has 154 valence electrons. The van der Waals surface area contributed by atoms with Gasteiger partial charge in [0.15, 0.2) is 0 Å². The molecular weight excluding hydrogens is 412 g/mol. The van der Waals surface area contributed by atoms with Crippen molar-refractivity contribution < 1.29 is 22.4 Å². The lowest BCUT2D eigenvalue weighted by molar-refractivity contribution is -0.0958. The molecule has 9 heteroatoms. The third-order valence-electron chi connectivity index (χ3n) is 4.89. The Kier molecular flexibility index (Phi) is 5.48. The Hall–Kier alpha value is -2.20. The Morgan fingerprint density at radius 2 is 2.00 bits per heavy atom. The molecule has 2 aliphatic rings. The second kappa shape index (κ2) is 7.91. The minimum atomic E-state index is -4.25. The molecule has 0 radical (unpaired) electrons. The van der Waals surface area contributed by atoms with E-state index in [0.717, 1.165) is 29.2 Å². The van der Waals surface area contributed by atoms with Crippen molar-refractivity contribution in [1.29, 1.82) is 0 Å². The summed E-state index contributed by atoms with van der Waals surface area (Å²) in [7, 11) is -1.98. The molecule has 0 aromatic heterocycles. The van der Waals surface area contributed by atoms with Crippen LogP contribution in [0.25, 0.3) is 6.08 Å². The molecule has 2 aromatic rings. The minimum absolute atomic E-state index is 0.220. The normalized spacial score (nSPS) is 20.6. The van der Waals surface area contributed by atoms with Crippen LogP contribution in [-0.2, 0) is 13.9 Å². The van der Waals surface area contributed by atoms with E-state index < -0.39 is 15.1 Å². The van der Waals surface area contributed by atoms with Crippen molar-refractivity contribution in [3.63, 3.8) is 0 Å². The smallest absolute Gasteiger partial charge is 0.316 e. The van der Waals surface area contributed by atoms with Crippen LogP contribution < -0.4 is 14.5 Å². The van der Waals surface area contributed by atoms with Crippen LogP contribution in [0, 0.1) is 0 Å². The van der Waals surface area contributed by atoms with Gasteiger partial charge >= 0.3 is 5.91 Å². The average molecular weight is 434 g/mol. The third-order valence-corrected chi connectivity index (χ3v) is 6.89. The molecule has 1 fully saturated rings. The predicted molar refractivity (Wildman–Crippen MR) is 114 cm³/mol. The minimum Gasteiger partial charge on any atom is -0.739 e. The molecule has 1 saturated heterocycles. The summed E-state index contributed by atoms with van der Waals surface area (Å²) in [5, 5.41) is 0. The largest absolute Gasteiger partial charge is 0.739 e. The maximum atomic E-state index is 10.7. The highest BCUT2D eigenvalue weighted by molar-refractivity contribution is 8.69. The molecule has 0 N–H and O–H groups in total. The number of rotatable bonds is 7. The summed E-state index contributed by atoms with van der Waals surface area (Å²) in [6, 6.07) is 15.7. The SMILES string of the molecule is CN(CCSS(=O)(=O)[O-])c1ccc(/C=C/C23OCCN2c2ccccc2O3)cc1. The number of ether oxygens (including phenoxy) is 2. The molecule has 7 nitrogen and oxygen atoms in total. The first-order chi connectivity index (χ1) is 13.9. The van der Waals surface area contributed by atoms with Crippen LogP contribution in [0.5, 0.6) is 5.75 Å². The van der Waals surface area contributed by atoms with Crippen molar-refractivity contribution in [2.45, 2.75) is 5.91 Å². The van der Waals surface area contributed by atoms with Gasteiger partial charge in [-0.2, -0.15) is 0 Å². The van der Waals surface area contributed by atoms with Crippen LogP contribution in [0.2, 0.25) is 0 Å². The standard InChI is InChI=1S/C20H22N2O5S2/c1-21(13-15-28-29(23,24)25)17-8-6-16(7-9-17)10-11-20-22(12-14-26-20)18-4-2-3-5-19(18)27-20/h2-11H,12-15H2,1H3,(H,23,24,25)/p-1/b11-10+. The van der Waals surface area contributed by atoms with Crippen molar-refractivity contribution in [2.24, 2.45) is 0 Å². The van der Waals surface area contributed by atoms with Gasteiger partial charge in [-0.3, -0.25) is 0 Å². The summed E-state index contributed by atoms with van der Waals surface area (Å²) in [6.07, 6.45) is 3.89. The molecule has 1 unspecified atom stereocenters. The molecule has 0 aliphatic carbocycles. The Labute approximate surface area is 174 Å². The van der Waals surface area contributed by atoms with Crippen molar-refractivity contribution in [3.05, 3.63) is 60.2 Å². The second-order valence-corrected chi connectivity index (χ2v) is 10.2. The fourth-order valence-corrected chi connectivity index (χ4v) is 4.82. The van der Waals surface area contributed by atoms with E-state index in [9.17, 15) is 13.0 Å². The Morgan fingerprint density at radius 1 is 1.24 bits per heavy atom. The van der Waals surface area contributed by atoms with Gasteiger partial charge in [-0.1, -0.05) is 30.3 Å². The summed E-state index contributed by atoms with van der Waals surface area (Å²) in [6.45, 7) is 1.82. The van der Waals surface area contributed by atoms with Gasteiger partial charge in [0.25, 0.3) is 0 Å². The van der Waals surface area contributed by atoms with Gasteiger partial charge in [0.1, 0.15) is 14.9 Å². The molecule has 2 aliphatic heterocycles. The fourth-order valence-electron chi connectivity index (χ4n) is 3.43. The van der Waals surface area contributed by atoms with E-state index in [1.165, 1.54) is 0 Å². The number of anilines is 2. The van der Waals surface area contributed by atoms with Gasteiger partial charge in [0.05, 0.1) is 12.3 Å². The predicted octanol–water partition coefficient (Wildman–Crippen LogP) is 2.91. The van der Waals surface area contributed by atoms with Gasteiger partial charge in [-0.05, 0) is 40.6 Å². The highest BCUT2D eigenvalue weighted by Gasteiger charge is 2.49. The van der Waals surface area contributed by atoms with Gasteiger partial charge in [0.2, 0.25) is 0 Å². The highest BCUT2D eigenvalue weighted by atomic mass is 33.1. The summed E-state index contributed by atoms with van der Waals surface area (Å²) < 4.78 is 44.1. The van der Waals surface area contributed by atoms with Crippen LogP contribution >= 0.6 is 10.8 Å². The van der Waals surface area contributed by atoms with E-state index in [1.807, 2.05) is 72.6 Å². The maximum absolute atomic E-state index is 10.7. The molecule has 0 saturated carbocycles. The van der Waals surface area contributed by atoms with Gasteiger partial charge in [-0.25, -0.2) is 8.42 Å². The van der Waals surface area contributed by atoms with Crippen LogP contribution in [0.15, 0.2) is 54.6 Å². The van der Waals surface area contributed by atoms with E-state index in [-0.39, 0.29) is 5.75 Å². The molecule has 2 aromatic carbocycles. The average Bonchev–Trinajstić information content (AvgIpc) is 3.22. The zero-order valence-electron chi connectivity index (χ0n) is 15.9. The number of benzene rings is 2. The third kappa shape index (κ3) is 4.37. The molecule has 4 rings (SSSR count). The molecular formula is C20H21N2O5S2-. The molecule has 29 heavy (non-hydrogen) atoms. The van der Waals surface area contributed by atoms with E-state index in [1.54, 1.807) is 0 Å². The fraction of sp³-hybridized carbons (Fsp3) is 0.300. The zero-order valence-corrected chi connectivity index (χ0v) is 17.5. The number of hydrogen-bond donors (Lipinski definition) is 0. The van der Waals surface area contributed by atoms with Gasteiger partial charge < -0.3 is 23.8 Å². The first kappa shape index (κ1) is 20.1. The summed E-state index contributed by atoms with van der Waals surface area (Å²) in [4.78, 5) is 4.02. The van der Waals surface area contributed by atoms with Crippen molar-refractivity contribution in [3.8, 4) is 5.75 Å². The lowest BCUT2D eigenvalue weighted by atomic mass is 10.1. The lowest BCUT2D eigenvalue weighted by Gasteiger charge is -2.26. The second-order valence-electron chi connectivity index (χ2n) is 6.78. The van der Waals surface area contributed by atoms with Crippen LogP contribution in [0.3, 0.4) is 0 Å². The number of nitrogens with zero attached hydrogens (tertiary/aromatic N) is 2. The molecule has 0 spiro atoms. The number of para-hydroxylation sites is 2. The van der Waals surface area contributed by atoms with E-state index in [4.69, 9.17) is 9.47 Å². The Balaban J connectivity index is 1.42. The molecule has 2 heterocycles. The Morgan fingerprint density at radius 3 is 2.76 bits per heavy atom. The summed E-state index contributed by atoms with van der Waals surface area (Å²) >= 11 is 0. The van der Waals surface area contributed by atoms with Gasteiger partial charge in [-0.15, -0.1) is 0 Å². The number of fused-ring (bicyclic) bond motifs is 3. The van der Waals surface area contributed by atoms with Crippen molar-refractivity contribution in [1.82, 2.24) is 0 Å². The molecule has 0 amide bonds.